The fourth-order valence-corrected chi connectivity index (χ4v) is 1.86. The van der Waals surface area contributed by atoms with Gasteiger partial charge in [-0.1, -0.05) is 0 Å². The Morgan fingerprint density at radius 1 is 1.00 bits per heavy atom. The molecule has 0 aromatic rings. The molecular formula is C11H20O6S. The second-order valence-corrected chi connectivity index (χ2v) is 6.12. The number of carbonyl (C=O) groups excluding carboxylic acids is 2. The first-order chi connectivity index (χ1) is 8.35. The summed E-state index contributed by atoms with van der Waals surface area (Å²) in [7, 11) is -3.03. The number of ether oxygens (including phenoxy) is 2. The number of hydrogen-bond donors (Lipinski definition) is 0. The van der Waals surface area contributed by atoms with Crippen molar-refractivity contribution in [2.24, 2.45) is 0 Å². The lowest BCUT2D eigenvalue weighted by atomic mass is 10.3. The van der Waals surface area contributed by atoms with Gasteiger partial charge in [-0.2, -0.15) is 0 Å². The van der Waals surface area contributed by atoms with E-state index in [-0.39, 0.29) is 37.6 Å². The minimum absolute atomic E-state index is 0.0229. The third-order valence-corrected chi connectivity index (χ3v) is 3.02. The summed E-state index contributed by atoms with van der Waals surface area (Å²) in [6.45, 7) is 2.21. The van der Waals surface area contributed by atoms with Crippen LogP contribution in [-0.2, 0) is 28.9 Å². The zero-order chi connectivity index (χ0) is 14.0. The van der Waals surface area contributed by atoms with Crippen molar-refractivity contribution in [3.63, 3.8) is 0 Å². The normalized spacial score (nSPS) is 11.0. The topological polar surface area (TPSA) is 86.7 Å². The quantitative estimate of drug-likeness (QED) is 0.456. The van der Waals surface area contributed by atoms with Crippen LogP contribution in [-0.4, -0.2) is 45.6 Å². The van der Waals surface area contributed by atoms with Gasteiger partial charge in [0.05, 0.1) is 19.0 Å². The molecule has 0 amide bonds. The average molecular weight is 280 g/mol. The molecule has 0 heterocycles. The Balaban J connectivity index is 3.51. The molecule has 0 saturated carbocycles. The lowest BCUT2D eigenvalue weighted by Crippen LogP contribution is -2.11. The number of carbonyl (C=O) groups is 2. The van der Waals surface area contributed by atoms with E-state index in [0.29, 0.717) is 13.0 Å². The zero-order valence-corrected chi connectivity index (χ0v) is 11.6. The van der Waals surface area contributed by atoms with Gasteiger partial charge >= 0.3 is 11.9 Å². The lowest BCUT2D eigenvalue weighted by Gasteiger charge is -2.04. The first-order valence-electron chi connectivity index (χ1n) is 5.84. The van der Waals surface area contributed by atoms with Gasteiger partial charge in [-0.3, -0.25) is 9.59 Å². The minimum Gasteiger partial charge on any atom is -0.466 e. The van der Waals surface area contributed by atoms with Gasteiger partial charge in [0, 0.05) is 19.1 Å². The van der Waals surface area contributed by atoms with Gasteiger partial charge in [0.15, 0.2) is 0 Å². The monoisotopic (exact) mass is 280 g/mol. The summed E-state index contributed by atoms with van der Waals surface area (Å²) < 4.78 is 31.2. The first kappa shape index (κ1) is 16.9. The zero-order valence-electron chi connectivity index (χ0n) is 10.8. The SMILES string of the molecule is CCOC(=O)CCCOC(=O)CCCS(C)(=O)=O. The molecule has 18 heavy (non-hydrogen) atoms. The van der Waals surface area contributed by atoms with Crippen LogP contribution in [0.3, 0.4) is 0 Å². The van der Waals surface area contributed by atoms with E-state index in [4.69, 9.17) is 9.47 Å². The van der Waals surface area contributed by atoms with Crippen molar-refractivity contribution in [3.8, 4) is 0 Å². The highest BCUT2D eigenvalue weighted by Gasteiger charge is 2.07. The number of esters is 2. The predicted octanol–water partition coefficient (Wildman–Crippen LogP) is 0.698. The van der Waals surface area contributed by atoms with Crippen LogP contribution in [0.15, 0.2) is 0 Å². The molecule has 0 aromatic carbocycles. The molecule has 0 spiro atoms. The predicted molar refractivity (Wildman–Crippen MR) is 65.8 cm³/mol. The molecule has 0 bridgehead atoms. The van der Waals surface area contributed by atoms with Crippen LogP contribution in [0, 0.1) is 0 Å². The highest BCUT2D eigenvalue weighted by atomic mass is 32.2. The maximum atomic E-state index is 11.2. The molecule has 6 nitrogen and oxygen atoms in total. The average Bonchev–Trinajstić information content (AvgIpc) is 2.23. The van der Waals surface area contributed by atoms with Gasteiger partial charge < -0.3 is 9.47 Å². The lowest BCUT2D eigenvalue weighted by molar-refractivity contribution is -0.147. The first-order valence-corrected chi connectivity index (χ1v) is 7.90. The Kier molecular flexibility index (Phi) is 8.36. The van der Waals surface area contributed by atoms with E-state index in [1.54, 1.807) is 6.92 Å². The van der Waals surface area contributed by atoms with Crippen molar-refractivity contribution in [1.29, 1.82) is 0 Å². The van der Waals surface area contributed by atoms with E-state index in [0.717, 1.165) is 6.26 Å². The van der Waals surface area contributed by atoms with E-state index < -0.39 is 15.8 Å². The van der Waals surface area contributed by atoms with Gasteiger partial charge in [-0.15, -0.1) is 0 Å². The van der Waals surface area contributed by atoms with Crippen molar-refractivity contribution in [2.45, 2.75) is 32.6 Å². The van der Waals surface area contributed by atoms with Crippen molar-refractivity contribution in [3.05, 3.63) is 0 Å². The number of sulfone groups is 1. The molecule has 0 atom stereocenters. The Morgan fingerprint density at radius 2 is 1.56 bits per heavy atom. The minimum atomic E-state index is -3.03. The summed E-state index contributed by atoms with van der Waals surface area (Å²) in [6.07, 6.45) is 2.08. The van der Waals surface area contributed by atoms with E-state index in [1.807, 2.05) is 0 Å². The fourth-order valence-electron chi connectivity index (χ4n) is 1.19. The summed E-state index contributed by atoms with van der Waals surface area (Å²) in [5, 5.41) is 0. The Hall–Kier alpha value is -1.11. The molecular weight excluding hydrogens is 260 g/mol. The smallest absolute Gasteiger partial charge is 0.305 e. The number of hydrogen-bond acceptors (Lipinski definition) is 6. The molecule has 0 aliphatic heterocycles. The van der Waals surface area contributed by atoms with Crippen LogP contribution in [0.1, 0.15) is 32.6 Å². The highest BCUT2D eigenvalue weighted by Crippen LogP contribution is 1.99. The maximum absolute atomic E-state index is 11.2. The van der Waals surface area contributed by atoms with Crippen LogP contribution in [0.5, 0.6) is 0 Å². The third kappa shape index (κ3) is 11.4. The van der Waals surface area contributed by atoms with Gasteiger partial charge in [-0.05, 0) is 19.8 Å². The van der Waals surface area contributed by atoms with Crippen LogP contribution in [0.25, 0.3) is 0 Å². The Labute approximate surface area is 108 Å². The van der Waals surface area contributed by atoms with Gasteiger partial charge in [-0.25, -0.2) is 8.42 Å². The van der Waals surface area contributed by atoms with Crippen LogP contribution >= 0.6 is 0 Å². The molecule has 0 N–H and O–H groups in total. The third-order valence-electron chi connectivity index (χ3n) is 1.99. The molecule has 0 fully saturated rings. The standard InChI is InChI=1S/C11H20O6S/c1-3-16-10(12)6-4-8-17-11(13)7-5-9-18(2,14)15/h3-9H2,1-2H3. The van der Waals surface area contributed by atoms with Gasteiger partial charge in [0.1, 0.15) is 9.84 Å². The highest BCUT2D eigenvalue weighted by molar-refractivity contribution is 7.90. The van der Waals surface area contributed by atoms with E-state index in [9.17, 15) is 18.0 Å². The van der Waals surface area contributed by atoms with Crippen LogP contribution in [0.4, 0.5) is 0 Å². The largest absolute Gasteiger partial charge is 0.466 e. The molecule has 0 unspecified atom stereocenters. The summed E-state index contributed by atoms with van der Waals surface area (Å²) in [6, 6.07) is 0. The molecule has 0 rings (SSSR count). The Bertz CT molecular complexity index is 360. The molecule has 0 saturated heterocycles. The van der Waals surface area contributed by atoms with Crippen molar-refractivity contribution in [2.75, 3.05) is 25.2 Å². The van der Waals surface area contributed by atoms with Crippen LogP contribution < -0.4 is 0 Å². The summed E-state index contributed by atoms with van der Waals surface area (Å²) >= 11 is 0. The fraction of sp³-hybridized carbons (Fsp3) is 0.818. The molecule has 0 aliphatic rings. The molecule has 7 heteroatoms. The second kappa shape index (κ2) is 8.91. The van der Waals surface area contributed by atoms with Crippen molar-refractivity contribution < 1.29 is 27.5 Å². The summed E-state index contributed by atoms with van der Waals surface area (Å²) in [4.78, 5) is 22.1. The second-order valence-electron chi connectivity index (χ2n) is 3.86. The van der Waals surface area contributed by atoms with E-state index in [2.05, 4.69) is 0 Å². The van der Waals surface area contributed by atoms with E-state index >= 15 is 0 Å². The molecule has 0 radical (unpaired) electrons. The maximum Gasteiger partial charge on any atom is 0.305 e. The molecule has 106 valence electrons. The van der Waals surface area contributed by atoms with Crippen LogP contribution in [0.2, 0.25) is 0 Å². The Morgan fingerprint density at radius 3 is 2.11 bits per heavy atom. The summed E-state index contributed by atoms with van der Waals surface area (Å²) in [5.74, 6) is -0.779. The summed E-state index contributed by atoms with van der Waals surface area (Å²) in [5.41, 5.74) is 0. The van der Waals surface area contributed by atoms with Gasteiger partial charge in [0.25, 0.3) is 0 Å². The van der Waals surface area contributed by atoms with Crippen molar-refractivity contribution >= 4 is 21.8 Å². The van der Waals surface area contributed by atoms with Gasteiger partial charge in [0.2, 0.25) is 0 Å². The molecule has 0 aromatic heterocycles. The number of rotatable bonds is 9. The molecule has 0 aliphatic carbocycles. The van der Waals surface area contributed by atoms with Crippen molar-refractivity contribution in [1.82, 2.24) is 0 Å². The van der Waals surface area contributed by atoms with E-state index in [1.165, 1.54) is 0 Å².